The summed E-state index contributed by atoms with van der Waals surface area (Å²) in [5.74, 6) is 0.914. The fraction of sp³-hybridized carbons (Fsp3) is 0.250. The van der Waals surface area contributed by atoms with E-state index in [1.54, 1.807) is 0 Å². The standard InChI is InChI=1S/C20H21N3O2/c1-13-5-4-6-17(11-13)20-23-22-18(25-20)9-10-21-19(24)16-8-7-14(2)15(3)12-16/h4-8,11-12H,9-10H2,1-3H3,(H,21,24). The molecule has 0 saturated carbocycles. The lowest BCUT2D eigenvalue weighted by Crippen LogP contribution is -2.25. The van der Waals surface area contributed by atoms with Gasteiger partial charge in [-0.1, -0.05) is 23.8 Å². The molecule has 5 nitrogen and oxygen atoms in total. The van der Waals surface area contributed by atoms with Gasteiger partial charge >= 0.3 is 0 Å². The van der Waals surface area contributed by atoms with Gasteiger partial charge in [0, 0.05) is 24.1 Å². The molecule has 0 atom stereocenters. The van der Waals surface area contributed by atoms with Gasteiger partial charge in [-0.3, -0.25) is 4.79 Å². The van der Waals surface area contributed by atoms with Crippen molar-refractivity contribution in [2.24, 2.45) is 0 Å². The lowest BCUT2D eigenvalue weighted by atomic mass is 10.1. The molecule has 0 spiro atoms. The normalized spacial score (nSPS) is 10.7. The van der Waals surface area contributed by atoms with Gasteiger partial charge in [0.2, 0.25) is 11.8 Å². The quantitative estimate of drug-likeness (QED) is 0.773. The highest BCUT2D eigenvalue weighted by molar-refractivity contribution is 5.94. The van der Waals surface area contributed by atoms with Crippen molar-refractivity contribution < 1.29 is 9.21 Å². The molecule has 25 heavy (non-hydrogen) atoms. The molecule has 3 aromatic rings. The van der Waals surface area contributed by atoms with E-state index in [4.69, 9.17) is 4.42 Å². The maximum Gasteiger partial charge on any atom is 0.251 e. The highest BCUT2D eigenvalue weighted by Crippen LogP contribution is 2.18. The Morgan fingerprint density at radius 1 is 1.04 bits per heavy atom. The second-order valence-electron chi connectivity index (χ2n) is 6.18. The summed E-state index contributed by atoms with van der Waals surface area (Å²) in [6, 6.07) is 13.6. The van der Waals surface area contributed by atoms with Crippen LogP contribution in [0, 0.1) is 20.8 Å². The molecule has 0 unspecified atom stereocenters. The summed E-state index contributed by atoms with van der Waals surface area (Å²) in [7, 11) is 0. The van der Waals surface area contributed by atoms with Crippen LogP contribution in [0.2, 0.25) is 0 Å². The van der Waals surface area contributed by atoms with Crippen molar-refractivity contribution in [3.63, 3.8) is 0 Å². The minimum absolute atomic E-state index is 0.0958. The van der Waals surface area contributed by atoms with Crippen LogP contribution in [0.25, 0.3) is 11.5 Å². The van der Waals surface area contributed by atoms with Crippen molar-refractivity contribution in [1.82, 2.24) is 15.5 Å². The number of nitrogens with one attached hydrogen (secondary N) is 1. The van der Waals surface area contributed by atoms with Crippen LogP contribution in [0.5, 0.6) is 0 Å². The van der Waals surface area contributed by atoms with Crippen LogP contribution in [0.1, 0.15) is 32.9 Å². The molecule has 0 fully saturated rings. The van der Waals surface area contributed by atoms with Gasteiger partial charge in [0.25, 0.3) is 5.91 Å². The molecule has 0 aliphatic carbocycles. The largest absolute Gasteiger partial charge is 0.421 e. The first-order valence-electron chi connectivity index (χ1n) is 8.28. The number of carbonyl (C=O) groups excluding carboxylic acids is 1. The van der Waals surface area contributed by atoms with Gasteiger partial charge in [-0.15, -0.1) is 10.2 Å². The van der Waals surface area contributed by atoms with E-state index in [-0.39, 0.29) is 5.91 Å². The Bertz CT molecular complexity index is 899. The fourth-order valence-electron chi connectivity index (χ4n) is 2.52. The number of aromatic nitrogens is 2. The molecular weight excluding hydrogens is 314 g/mol. The molecule has 0 saturated heterocycles. The van der Waals surface area contributed by atoms with Gasteiger partial charge in [-0.2, -0.15) is 0 Å². The molecule has 5 heteroatoms. The van der Waals surface area contributed by atoms with Gasteiger partial charge in [0.15, 0.2) is 0 Å². The maximum absolute atomic E-state index is 12.2. The number of nitrogens with zero attached hydrogens (tertiary/aromatic N) is 2. The van der Waals surface area contributed by atoms with Gasteiger partial charge < -0.3 is 9.73 Å². The highest BCUT2D eigenvalue weighted by Gasteiger charge is 2.10. The van der Waals surface area contributed by atoms with Crippen molar-refractivity contribution in [3.8, 4) is 11.5 Å². The SMILES string of the molecule is Cc1cccc(-c2nnc(CCNC(=O)c3ccc(C)c(C)c3)o2)c1. The van der Waals surface area contributed by atoms with Crippen LogP contribution in [0.3, 0.4) is 0 Å². The van der Waals surface area contributed by atoms with Gasteiger partial charge in [-0.05, 0) is 56.2 Å². The summed E-state index contributed by atoms with van der Waals surface area (Å²) in [6.07, 6.45) is 0.495. The van der Waals surface area contributed by atoms with Crippen molar-refractivity contribution in [2.75, 3.05) is 6.54 Å². The van der Waals surface area contributed by atoms with Gasteiger partial charge in [0.05, 0.1) is 0 Å². The predicted octanol–water partition coefficient (Wildman–Crippen LogP) is 3.63. The molecule has 1 amide bonds. The van der Waals surface area contributed by atoms with Crippen LogP contribution in [0.15, 0.2) is 46.9 Å². The number of rotatable bonds is 5. The third-order valence-electron chi connectivity index (χ3n) is 4.13. The molecule has 1 aromatic heterocycles. The summed E-state index contributed by atoms with van der Waals surface area (Å²) in [5, 5.41) is 11.0. The number of amides is 1. The number of carbonyl (C=O) groups is 1. The first-order chi connectivity index (χ1) is 12.0. The van der Waals surface area contributed by atoms with Crippen LogP contribution in [-0.4, -0.2) is 22.6 Å². The van der Waals surface area contributed by atoms with Crippen LogP contribution >= 0.6 is 0 Å². The summed E-state index contributed by atoms with van der Waals surface area (Å²) >= 11 is 0. The van der Waals surface area contributed by atoms with Crippen molar-refractivity contribution >= 4 is 5.91 Å². The average Bonchev–Trinajstić information content (AvgIpc) is 3.06. The monoisotopic (exact) mass is 335 g/mol. The van der Waals surface area contributed by atoms with Gasteiger partial charge in [-0.25, -0.2) is 0 Å². The lowest BCUT2D eigenvalue weighted by molar-refractivity contribution is 0.0953. The molecule has 0 aliphatic rings. The number of hydrogen-bond donors (Lipinski definition) is 1. The fourth-order valence-corrected chi connectivity index (χ4v) is 2.52. The minimum Gasteiger partial charge on any atom is -0.421 e. The van der Waals surface area contributed by atoms with E-state index in [2.05, 4.69) is 15.5 Å². The minimum atomic E-state index is -0.0958. The van der Waals surface area contributed by atoms with E-state index >= 15 is 0 Å². The molecule has 1 N–H and O–H groups in total. The number of hydrogen-bond acceptors (Lipinski definition) is 4. The zero-order chi connectivity index (χ0) is 17.8. The Kier molecular flexibility index (Phi) is 4.93. The van der Waals surface area contributed by atoms with Crippen molar-refractivity contribution in [1.29, 1.82) is 0 Å². The van der Waals surface area contributed by atoms with Crippen molar-refractivity contribution in [2.45, 2.75) is 27.2 Å². The molecule has 2 aromatic carbocycles. The van der Waals surface area contributed by atoms with Crippen LogP contribution in [0.4, 0.5) is 0 Å². The molecule has 0 aliphatic heterocycles. The summed E-state index contributed by atoms with van der Waals surface area (Å²) < 4.78 is 5.67. The van der Waals surface area contributed by atoms with E-state index in [1.165, 1.54) is 5.56 Å². The zero-order valence-corrected chi connectivity index (χ0v) is 14.7. The van der Waals surface area contributed by atoms with Crippen molar-refractivity contribution in [3.05, 3.63) is 70.6 Å². The zero-order valence-electron chi connectivity index (χ0n) is 14.7. The smallest absolute Gasteiger partial charge is 0.251 e. The Labute approximate surface area is 147 Å². The van der Waals surface area contributed by atoms with E-state index in [1.807, 2.05) is 63.2 Å². The average molecular weight is 335 g/mol. The predicted molar refractivity (Wildman–Crippen MR) is 96.4 cm³/mol. The third kappa shape index (κ3) is 4.12. The van der Waals surface area contributed by atoms with E-state index in [0.717, 1.165) is 16.7 Å². The molecular formula is C20H21N3O2. The maximum atomic E-state index is 12.2. The number of aryl methyl sites for hydroxylation is 3. The molecule has 0 bridgehead atoms. The highest BCUT2D eigenvalue weighted by atomic mass is 16.4. The van der Waals surface area contributed by atoms with Gasteiger partial charge in [0.1, 0.15) is 0 Å². The molecule has 0 radical (unpaired) electrons. The lowest BCUT2D eigenvalue weighted by Gasteiger charge is -2.06. The molecule has 1 heterocycles. The Balaban J connectivity index is 1.57. The Morgan fingerprint density at radius 2 is 1.88 bits per heavy atom. The van der Waals surface area contributed by atoms with E-state index in [9.17, 15) is 4.79 Å². The molecule has 3 rings (SSSR count). The molecule has 128 valence electrons. The second kappa shape index (κ2) is 7.30. The van der Waals surface area contributed by atoms with E-state index < -0.39 is 0 Å². The van der Waals surface area contributed by atoms with Crippen LogP contribution in [-0.2, 0) is 6.42 Å². The first kappa shape index (κ1) is 16.9. The summed E-state index contributed by atoms with van der Waals surface area (Å²) in [5.41, 5.74) is 4.98. The summed E-state index contributed by atoms with van der Waals surface area (Å²) in [4.78, 5) is 12.2. The topological polar surface area (TPSA) is 68.0 Å². The van der Waals surface area contributed by atoms with E-state index in [0.29, 0.717) is 30.3 Å². The Hall–Kier alpha value is -2.95. The summed E-state index contributed by atoms with van der Waals surface area (Å²) in [6.45, 7) is 6.49. The van der Waals surface area contributed by atoms with Crippen LogP contribution < -0.4 is 5.32 Å². The third-order valence-corrected chi connectivity index (χ3v) is 4.13. The first-order valence-corrected chi connectivity index (χ1v) is 8.28. The second-order valence-corrected chi connectivity index (χ2v) is 6.18. The number of benzene rings is 2. The Morgan fingerprint density at radius 3 is 2.64 bits per heavy atom.